The summed E-state index contributed by atoms with van der Waals surface area (Å²) in [6, 6.07) is 2.39. The van der Waals surface area contributed by atoms with Gasteiger partial charge in [-0.2, -0.15) is 0 Å². The van der Waals surface area contributed by atoms with Crippen LogP contribution in [0.25, 0.3) is 0 Å². The van der Waals surface area contributed by atoms with Crippen molar-refractivity contribution < 1.29 is 18.3 Å². The van der Waals surface area contributed by atoms with Gasteiger partial charge in [0.25, 0.3) is 0 Å². The summed E-state index contributed by atoms with van der Waals surface area (Å²) >= 11 is 2.95. The van der Waals surface area contributed by atoms with Crippen molar-refractivity contribution in [2.24, 2.45) is 0 Å². The lowest BCUT2D eigenvalue weighted by Crippen LogP contribution is -2.23. The molecule has 94 valence electrons. The van der Waals surface area contributed by atoms with Gasteiger partial charge in [0.05, 0.1) is 4.47 Å². The molecule has 0 fully saturated rings. The van der Waals surface area contributed by atoms with Crippen LogP contribution in [0.2, 0.25) is 0 Å². The number of carbonyl (C=O) groups excluding carboxylic acids is 1. The first-order chi connectivity index (χ1) is 7.97. The Balaban J connectivity index is 2.88. The zero-order valence-corrected chi connectivity index (χ0v) is 11.2. The van der Waals surface area contributed by atoms with E-state index < -0.39 is 17.7 Å². The van der Waals surface area contributed by atoms with Crippen LogP contribution >= 0.6 is 15.9 Å². The molecule has 0 aromatic heterocycles. The predicted octanol–water partition coefficient (Wildman–Crippen LogP) is 3.26. The molecular formula is C12H13BrF2O2. The topological polar surface area (TPSA) is 26.3 Å². The van der Waals surface area contributed by atoms with Crippen LogP contribution < -0.4 is 0 Å². The molecule has 0 aliphatic heterocycles. The summed E-state index contributed by atoms with van der Waals surface area (Å²) in [4.78, 5) is 11.6. The third-order valence-electron chi connectivity index (χ3n) is 2.36. The molecule has 5 heteroatoms. The predicted molar refractivity (Wildman–Crippen MR) is 63.9 cm³/mol. The molecule has 0 radical (unpaired) electrons. The van der Waals surface area contributed by atoms with Gasteiger partial charge in [0.2, 0.25) is 0 Å². The number of Topliss-reactive ketones (excluding diaryl/α,β-unsaturated/α-hetero) is 1. The van der Waals surface area contributed by atoms with E-state index in [4.69, 9.17) is 4.74 Å². The Bertz CT molecular complexity index is 421. The Hall–Kier alpha value is -0.810. The number of ketones is 1. The maximum atomic E-state index is 13.6. The molecule has 0 amide bonds. The van der Waals surface area contributed by atoms with Crippen molar-refractivity contribution >= 4 is 21.7 Å². The number of hydrogen-bond donors (Lipinski definition) is 0. The van der Waals surface area contributed by atoms with Crippen molar-refractivity contribution in [3.8, 4) is 0 Å². The normalized spacial score (nSPS) is 12.5. The van der Waals surface area contributed by atoms with Crippen molar-refractivity contribution in [3.63, 3.8) is 0 Å². The van der Waals surface area contributed by atoms with Gasteiger partial charge < -0.3 is 4.74 Å². The second-order valence-electron chi connectivity index (χ2n) is 3.56. The van der Waals surface area contributed by atoms with Crippen LogP contribution in [0.15, 0.2) is 16.6 Å². The third-order valence-corrected chi connectivity index (χ3v) is 2.97. The van der Waals surface area contributed by atoms with E-state index in [1.54, 1.807) is 13.8 Å². The summed E-state index contributed by atoms with van der Waals surface area (Å²) in [7, 11) is 0. The molecule has 0 saturated carbocycles. The molecule has 17 heavy (non-hydrogen) atoms. The lowest BCUT2D eigenvalue weighted by Gasteiger charge is -2.11. The van der Waals surface area contributed by atoms with E-state index in [1.165, 1.54) is 6.07 Å². The first-order valence-corrected chi connectivity index (χ1v) is 6.03. The van der Waals surface area contributed by atoms with Crippen LogP contribution in [0.5, 0.6) is 0 Å². The fraction of sp³-hybridized carbons (Fsp3) is 0.417. The highest BCUT2D eigenvalue weighted by atomic mass is 79.9. The minimum Gasteiger partial charge on any atom is -0.371 e. The first kappa shape index (κ1) is 14.3. The highest BCUT2D eigenvalue weighted by molar-refractivity contribution is 9.10. The van der Waals surface area contributed by atoms with Gasteiger partial charge in [-0.05, 0) is 41.9 Å². The molecular weight excluding hydrogens is 294 g/mol. The molecule has 0 aliphatic carbocycles. The highest BCUT2D eigenvalue weighted by Crippen LogP contribution is 2.22. The maximum Gasteiger partial charge on any atom is 0.165 e. The molecule has 1 unspecified atom stereocenters. The van der Waals surface area contributed by atoms with Gasteiger partial charge >= 0.3 is 0 Å². The molecule has 2 nitrogen and oxygen atoms in total. The molecule has 0 saturated heterocycles. The Morgan fingerprint density at radius 2 is 2.12 bits per heavy atom. The highest BCUT2D eigenvalue weighted by Gasteiger charge is 2.19. The molecule has 1 rings (SSSR count). The average Bonchev–Trinajstić information content (AvgIpc) is 2.29. The Labute approximate surface area is 107 Å². The van der Waals surface area contributed by atoms with Crippen LogP contribution in [0.4, 0.5) is 8.78 Å². The molecule has 0 bridgehead atoms. The van der Waals surface area contributed by atoms with Crippen LogP contribution in [0, 0.1) is 11.6 Å². The summed E-state index contributed by atoms with van der Waals surface area (Å²) in [6.07, 6.45) is -0.962. The van der Waals surface area contributed by atoms with Gasteiger partial charge in [0, 0.05) is 18.6 Å². The number of hydrogen-bond acceptors (Lipinski definition) is 2. The fourth-order valence-corrected chi connectivity index (χ4v) is 1.76. The first-order valence-electron chi connectivity index (χ1n) is 5.24. The lowest BCUT2D eigenvalue weighted by molar-refractivity contribution is -0.128. The number of halogens is 3. The quantitative estimate of drug-likeness (QED) is 0.781. The van der Waals surface area contributed by atoms with Gasteiger partial charge in [0.1, 0.15) is 17.7 Å². The smallest absolute Gasteiger partial charge is 0.165 e. The van der Waals surface area contributed by atoms with Crippen molar-refractivity contribution in [1.29, 1.82) is 0 Å². The summed E-state index contributed by atoms with van der Waals surface area (Å²) in [5, 5.41) is 0. The molecule has 0 N–H and O–H groups in total. The van der Waals surface area contributed by atoms with Gasteiger partial charge in [-0.1, -0.05) is 0 Å². The van der Waals surface area contributed by atoms with Gasteiger partial charge in [-0.3, -0.25) is 4.79 Å². The number of carbonyl (C=O) groups is 1. The SMILES string of the molecule is CCOC(C)C(=O)Cc1c(F)ccc(Br)c1F. The van der Waals surface area contributed by atoms with E-state index in [9.17, 15) is 13.6 Å². The van der Waals surface area contributed by atoms with Gasteiger partial charge in [-0.15, -0.1) is 0 Å². The van der Waals surface area contributed by atoms with E-state index >= 15 is 0 Å². The van der Waals surface area contributed by atoms with E-state index in [0.717, 1.165) is 6.07 Å². The van der Waals surface area contributed by atoms with E-state index in [1.807, 2.05) is 0 Å². The van der Waals surface area contributed by atoms with E-state index in [2.05, 4.69) is 15.9 Å². The maximum absolute atomic E-state index is 13.6. The second kappa shape index (κ2) is 6.21. The molecule has 0 spiro atoms. The molecule has 1 aromatic carbocycles. The molecule has 0 aliphatic rings. The van der Waals surface area contributed by atoms with Gasteiger partial charge in [0.15, 0.2) is 5.78 Å². The van der Waals surface area contributed by atoms with Crippen LogP contribution in [-0.2, 0) is 16.0 Å². The van der Waals surface area contributed by atoms with Crippen molar-refractivity contribution in [2.75, 3.05) is 6.61 Å². The molecule has 1 aromatic rings. The lowest BCUT2D eigenvalue weighted by atomic mass is 10.0. The van der Waals surface area contributed by atoms with Crippen LogP contribution in [0.1, 0.15) is 19.4 Å². The number of benzene rings is 1. The third kappa shape index (κ3) is 3.57. The zero-order valence-electron chi connectivity index (χ0n) is 9.60. The standard InChI is InChI=1S/C12H13BrF2O2/c1-3-17-7(2)11(16)6-8-10(14)5-4-9(13)12(8)15/h4-5,7H,3,6H2,1-2H3. The zero-order chi connectivity index (χ0) is 13.0. The summed E-state index contributed by atoms with van der Waals surface area (Å²) in [5.74, 6) is -1.80. The Morgan fingerprint density at radius 1 is 1.47 bits per heavy atom. The minimum absolute atomic E-state index is 0.144. The number of ether oxygens (including phenoxy) is 1. The van der Waals surface area contributed by atoms with Crippen LogP contribution in [0.3, 0.4) is 0 Å². The largest absolute Gasteiger partial charge is 0.371 e. The monoisotopic (exact) mass is 306 g/mol. The average molecular weight is 307 g/mol. The molecule has 1 atom stereocenters. The van der Waals surface area contributed by atoms with E-state index in [-0.39, 0.29) is 22.2 Å². The summed E-state index contributed by atoms with van der Waals surface area (Å²) < 4.78 is 32.2. The fourth-order valence-electron chi connectivity index (χ4n) is 1.39. The minimum atomic E-state index is -0.734. The summed E-state index contributed by atoms with van der Waals surface area (Å²) in [5.41, 5.74) is -0.226. The Morgan fingerprint density at radius 3 is 2.71 bits per heavy atom. The Kier molecular flexibility index (Phi) is 5.21. The van der Waals surface area contributed by atoms with E-state index in [0.29, 0.717) is 6.61 Å². The van der Waals surface area contributed by atoms with Gasteiger partial charge in [-0.25, -0.2) is 8.78 Å². The van der Waals surface area contributed by atoms with Crippen molar-refractivity contribution in [1.82, 2.24) is 0 Å². The van der Waals surface area contributed by atoms with Crippen molar-refractivity contribution in [3.05, 3.63) is 33.8 Å². The molecule has 0 heterocycles. The van der Waals surface area contributed by atoms with Crippen molar-refractivity contribution in [2.45, 2.75) is 26.4 Å². The second-order valence-corrected chi connectivity index (χ2v) is 4.42. The van der Waals surface area contributed by atoms with Crippen LogP contribution in [-0.4, -0.2) is 18.5 Å². The number of rotatable bonds is 5. The summed E-state index contributed by atoms with van der Waals surface area (Å²) in [6.45, 7) is 3.71.